The number of carbonyl (C=O) groups excluding carboxylic acids is 1. The zero-order valence-corrected chi connectivity index (χ0v) is 16.7. The highest BCUT2D eigenvalue weighted by molar-refractivity contribution is 5.76. The first kappa shape index (κ1) is 18.2. The van der Waals surface area contributed by atoms with Crippen LogP contribution < -0.4 is 4.90 Å². The van der Waals surface area contributed by atoms with Crippen LogP contribution in [0.1, 0.15) is 58.7 Å². The van der Waals surface area contributed by atoms with Crippen molar-refractivity contribution in [3.63, 3.8) is 0 Å². The minimum absolute atomic E-state index is 0.0982. The lowest BCUT2D eigenvalue weighted by atomic mass is 9.95. The van der Waals surface area contributed by atoms with Gasteiger partial charge in [0.1, 0.15) is 5.82 Å². The van der Waals surface area contributed by atoms with E-state index in [0.29, 0.717) is 11.8 Å². The summed E-state index contributed by atoms with van der Waals surface area (Å²) in [6.07, 6.45) is 5.17. The van der Waals surface area contributed by atoms with Crippen molar-refractivity contribution in [3.8, 4) is 0 Å². The Labute approximate surface area is 160 Å². The Morgan fingerprint density at radius 1 is 1.07 bits per heavy atom. The Bertz CT molecular complexity index is 815. The molecule has 0 aliphatic carbocycles. The van der Waals surface area contributed by atoms with E-state index in [0.717, 1.165) is 75.6 Å². The summed E-state index contributed by atoms with van der Waals surface area (Å²) in [7, 11) is 0. The third-order valence-electron chi connectivity index (χ3n) is 5.76. The van der Waals surface area contributed by atoms with Crippen LogP contribution in [-0.2, 0) is 10.2 Å². The molecule has 0 N–H and O–H groups in total. The molecule has 146 valence electrons. The second-order valence-corrected chi connectivity index (χ2v) is 8.96. The number of hydrogen-bond donors (Lipinski definition) is 0. The van der Waals surface area contributed by atoms with Gasteiger partial charge >= 0.3 is 0 Å². The highest BCUT2D eigenvalue weighted by Gasteiger charge is 2.27. The molecule has 0 saturated carbocycles. The highest BCUT2D eigenvalue weighted by Crippen LogP contribution is 2.25. The maximum atomic E-state index is 12.1. The molecule has 4 rings (SSSR count). The van der Waals surface area contributed by atoms with Crippen LogP contribution in [0.3, 0.4) is 0 Å². The van der Waals surface area contributed by atoms with Crippen LogP contribution in [0.2, 0.25) is 0 Å². The lowest BCUT2D eigenvalue weighted by molar-refractivity contribution is -0.134. The maximum Gasteiger partial charge on any atom is 0.222 e. The van der Waals surface area contributed by atoms with E-state index in [1.165, 1.54) is 0 Å². The molecule has 0 atom stereocenters. The first-order valence-electron chi connectivity index (χ1n) is 10.2. The van der Waals surface area contributed by atoms with Crippen LogP contribution in [0.4, 0.5) is 5.82 Å². The quantitative estimate of drug-likeness (QED) is 0.831. The molecule has 2 aliphatic rings. The molecular weight excluding hydrogens is 340 g/mol. The van der Waals surface area contributed by atoms with Crippen molar-refractivity contribution in [2.24, 2.45) is 5.92 Å². The van der Waals surface area contributed by atoms with Crippen LogP contribution in [0.15, 0.2) is 12.1 Å². The number of likely N-dealkylation sites (tertiary alicyclic amines) is 1. The van der Waals surface area contributed by atoms with Crippen LogP contribution in [0, 0.1) is 5.92 Å². The molecule has 0 bridgehead atoms. The Morgan fingerprint density at radius 3 is 2.56 bits per heavy atom. The average Bonchev–Trinajstić information content (AvgIpc) is 3.08. The van der Waals surface area contributed by atoms with E-state index in [9.17, 15) is 4.79 Å². The van der Waals surface area contributed by atoms with Gasteiger partial charge in [0.25, 0.3) is 0 Å². The second kappa shape index (κ2) is 7.09. The SMILES string of the molecule is CC(C)(C)c1nnc2ccc(N3CCC(CN4CCCCC4=O)CC3)nn12. The number of carbonyl (C=O) groups is 1. The predicted molar refractivity (Wildman–Crippen MR) is 105 cm³/mol. The van der Waals surface area contributed by atoms with Crippen molar-refractivity contribution in [3.05, 3.63) is 18.0 Å². The molecule has 2 fully saturated rings. The van der Waals surface area contributed by atoms with E-state index in [2.05, 4.69) is 40.8 Å². The van der Waals surface area contributed by atoms with E-state index < -0.39 is 0 Å². The number of piperidine rings is 2. The normalized spacial score (nSPS) is 19.9. The van der Waals surface area contributed by atoms with Crippen molar-refractivity contribution in [1.29, 1.82) is 0 Å². The summed E-state index contributed by atoms with van der Waals surface area (Å²) in [4.78, 5) is 16.5. The summed E-state index contributed by atoms with van der Waals surface area (Å²) < 4.78 is 1.88. The molecule has 4 heterocycles. The van der Waals surface area contributed by atoms with Gasteiger partial charge < -0.3 is 9.80 Å². The maximum absolute atomic E-state index is 12.1. The van der Waals surface area contributed by atoms with Crippen molar-refractivity contribution < 1.29 is 4.79 Å². The van der Waals surface area contributed by atoms with Gasteiger partial charge in [-0.3, -0.25) is 4.79 Å². The fourth-order valence-electron chi connectivity index (χ4n) is 4.13. The van der Waals surface area contributed by atoms with Crippen molar-refractivity contribution in [2.45, 2.75) is 58.3 Å². The Morgan fingerprint density at radius 2 is 1.85 bits per heavy atom. The molecule has 0 unspecified atom stereocenters. The van der Waals surface area contributed by atoms with Gasteiger partial charge in [0, 0.05) is 38.0 Å². The van der Waals surface area contributed by atoms with Gasteiger partial charge in [-0.25, -0.2) is 0 Å². The topological polar surface area (TPSA) is 66.6 Å². The number of nitrogens with zero attached hydrogens (tertiary/aromatic N) is 6. The second-order valence-electron chi connectivity index (χ2n) is 8.96. The molecular formula is C20H30N6O. The Balaban J connectivity index is 1.42. The van der Waals surface area contributed by atoms with Gasteiger partial charge in [-0.05, 0) is 43.7 Å². The lowest BCUT2D eigenvalue weighted by Gasteiger charge is -2.36. The molecule has 2 aromatic rings. The van der Waals surface area contributed by atoms with Crippen LogP contribution in [0.5, 0.6) is 0 Å². The number of amides is 1. The van der Waals surface area contributed by atoms with Gasteiger partial charge in [-0.1, -0.05) is 20.8 Å². The molecule has 2 saturated heterocycles. The summed E-state index contributed by atoms with van der Waals surface area (Å²) in [6.45, 7) is 10.2. The largest absolute Gasteiger partial charge is 0.355 e. The summed E-state index contributed by atoms with van der Waals surface area (Å²) in [5, 5.41) is 13.4. The number of anilines is 1. The predicted octanol–water partition coefficient (Wildman–Crippen LogP) is 2.65. The van der Waals surface area contributed by atoms with E-state index >= 15 is 0 Å². The van der Waals surface area contributed by atoms with Gasteiger partial charge in [-0.15, -0.1) is 15.3 Å². The number of hydrogen-bond acceptors (Lipinski definition) is 5. The monoisotopic (exact) mass is 370 g/mol. The van der Waals surface area contributed by atoms with Crippen LogP contribution >= 0.6 is 0 Å². The van der Waals surface area contributed by atoms with Crippen LogP contribution in [0.25, 0.3) is 5.65 Å². The molecule has 2 aliphatic heterocycles. The Hall–Kier alpha value is -2.18. The van der Waals surface area contributed by atoms with E-state index in [1.54, 1.807) is 0 Å². The summed E-state index contributed by atoms with van der Waals surface area (Å²) >= 11 is 0. The first-order valence-corrected chi connectivity index (χ1v) is 10.2. The molecule has 7 nitrogen and oxygen atoms in total. The molecule has 2 aromatic heterocycles. The minimum atomic E-state index is -0.0982. The molecule has 7 heteroatoms. The third-order valence-corrected chi connectivity index (χ3v) is 5.76. The fraction of sp³-hybridized carbons (Fsp3) is 0.700. The standard InChI is InChI=1S/C20H30N6O/c1-20(2,3)19-22-21-16-7-8-17(23-26(16)19)24-12-9-15(10-13-24)14-25-11-5-4-6-18(25)27/h7-8,15H,4-6,9-14H2,1-3H3. The van der Waals surface area contributed by atoms with Crippen molar-refractivity contribution in [1.82, 2.24) is 24.7 Å². The van der Waals surface area contributed by atoms with Crippen molar-refractivity contribution >= 4 is 17.4 Å². The first-order chi connectivity index (χ1) is 12.9. The van der Waals surface area contributed by atoms with Gasteiger partial charge in [0.15, 0.2) is 11.5 Å². The van der Waals surface area contributed by atoms with Crippen molar-refractivity contribution in [2.75, 3.05) is 31.1 Å². The summed E-state index contributed by atoms with van der Waals surface area (Å²) in [6, 6.07) is 4.05. The minimum Gasteiger partial charge on any atom is -0.355 e. The Kier molecular flexibility index (Phi) is 4.78. The number of rotatable bonds is 3. The lowest BCUT2D eigenvalue weighted by Crippen LogP contribution is -2.43. The zero-order chi connectivity index (χ0) is 19.0. The van der Waals surface area contributed by atoms with E-state index in [1.807, 2.05) is 16.6 Å². The van der Waals surface area contributed by atoms with Gasteiger partial charge in [0.2, 0.25) is 5.91 Å². The number of fused-ring (bicyclic) bond motifs is 1. The molecule has 0 aromatic carbocycles. The third kappa shape index (κ3) is 3.77. The summed E-state index contributed by atoms with van der Waals surface area (Å²) in [5.74, 6) is 2.82. The smallest absolute Gasteiger partial charge is 0.222 e. The molecule has 0 radical (unpaired) electrons. The molecule has 1 amide bonds. The van der Waals surface area contributed by atoms with E-state index in [-0.39, 0.29) is 5.41 Å². The fourth-order valence-corrected chi connectivity index (χ4v) is 4.13. The van der Waals surface area contributed by atoms with E-state index in [4.69, 9.17) is 5.10 Å². The zero-order valence-electron chi connectivity index (χ0n) is 16.7. The average molecular weight is 371 g/mol. The van der Waals surface area contributed by atoms with Gasteiger partial charge in [-0.2, -0.15) is 4.52 Å². The summed E-state index contributed by atoms with van der Waals surface area (Å²) in [5.41, 5.74) is 0.695. The van der Waals surface area contributed by atoms with Gasteiger partial charge in [0.05, 0.1) is 0 Å². The molecule has 27 heavy (non-hydrogen) atoms. The van der Waals surface area contributed by atoms with Crippen LogP contribution in [-0.4, -0.2) is 56.8 Å². The highest BCUT2D eigenvalue weighted by atomic mass is 16.2. The molecule has 0 spiro atoms. The number of aromatic nitrogens is 4.